The molecule has 2 aromatic carbocycles. The molecule has 0 aliphatic carbocycles. The van der Waals surface area contributed by atoms with Gasteiger partial charge in [0.15, 0.2) is 0 Å². The first kappa shape index (κ1) is 25.8. The van der Waals surface area contributed by atoms with Crippen molar-refractivity contribution in [3.63, 3.8) is 0 Å². The van der Waals surface area contributed by atoms with E-state index in [2.05, 4.69) is 21.7 Å². The molecule has 4 N–H and O–H groups in total. The summed E-state index contributed by atoms with van der Waals surface area (Å²) in [6.45, 7) is 3.12. The number of nitrogens with one attached hydrogen (secondary N) is 2. The van der Waals surface area contributed by atoms with E-state index >= 15 is 0 Å². The number of amides is 2. The van der Waals surface area contributed by atoms with Crippen LogP contribution in [-0.2, 0) is 4.79 Å². The molecule has 3 aromatic rings. The van der Waals surface area contributed by atoms with E-state index in [4.69, 9.17) is 10.4 Å². The Morgan fingerprint density at radius 2 is 1.89 bits per heavy atom. The molecule has 0 spiro atoms. The second-order valence-corrected chi connectivity index (χ2v) is 9.11. The number of aliphatic hydroxyl groups is 2. The van der Waals surface area contributed by atoms with Crippen LogP contribution in [0.3, 0.4) is 0 Å². The summed E-state index contributed by atoms with van der Waals surface area (Å²) in [5, 5.41) is 33.4. The van der Waals surface area contributed by atoms with E-state index in [0.717, 1.165) is 22.4 Å². The van der Waals surface area contributed by atoms with Crippen molar-refractivity contribution < 1.29 is 19.8 Å². The smallest absolute Gasteiger partial charge is 0.251 e. The number of pyridine rings is 1. The summed E-state index contributed by atoms with van der Waals surface area (Å²) in [6, 6.07) is 18.5. The summed E-state index contributed by atoms with van der Waals surface area (Å²) in [6.07, 6.45) is 1.20. The number of carbonyl (C=O) groups excluding carboxylic acids is 2. The molecule has 0 saturated carbocycles. The highest BCUT2D eigenvalue weighted by molar-refractivity contribution is 5.95. The molecule has 0 radical (unpaired) electrons. The highest BCUT2D eigenvalue weighted by atomic mass is 16.3. The van der Waals surface area contributed by atoms with Gasteiger partial charge in [-0.1, -0.05) is 18.2 Å². The van der Waals surface area contributed by atoms with E-state index in [-0.39, 0.29) is 30.4 Å². The fourth-order valence-electron chi connectivity index (χ4n) is 4.58. The number of nitriles is 1. The van der Waals surface area contributed by atoms with Gasteiger partial charge in [0.1, 0.15) is 11.9 Å². The normalized spacial score (nSPS) is 17.3. The Hall–Kier alpha value is -4.26. The Morgan fingerprint density at radius 3 is 2.51 bits per heavy atom. The van der Waals surface area contributed by atoms with Crippen molar-refractivity contribution in [1.29, 1.82) is 5.26 Å². The summed E-state index contributed by atoms with van der Waals surface area (Å²) in [5.74, 6) is 0.276. The van der Waals surface area contributed by atoms with Gasteiger partial charge in [0.25, 0.3) is 5.91 Å². The average Bonchev–Trinajstić information content (AvgIpc) is 2.91. The maximum absolute atomic E-state index is 12.5. The van der Waals surface area contributed by atoms with Crippen molar-refractivity contribution in [2.24, 2.45) is 0 Å². The Labute approximate surface area is 215 Å². The standard InChI is InChI=1S/C28H29N5O4/c1-17-11-25(32-27-10-3-19(13-29)14-30-27)24-12-22(8-9-26(24)33(17)18(2)35)20-4-6-21(7-5-20)28(37)31-15-23(36)16-34/h3-10,12,14,17,23,25,34,36H,11,15-16H2,1-2H3,(H,30,32)(H,31,37)/t17-,23?,25+/m0/s1. The van der Waals surface area contributed by atoms with Crippen molar-refractivity contribution >= 4 is 23.3 Å². The number of hydrogen-bond acceptors (Lipinski definition) is 7. The van der Waals surface area contributed by atoms with Crippen molar-refractivity contribution in [3.05, 3.63) is 77.5 Å². The number of carbonyl (C=O) groups is 2. The SMILES string of the molecule is CC(=O)N1c2ccc(-c3ccc(C(=O)NCC(O)CO)cc3)cc2[C@H](Nc2ccc(C#N)cn2)C[C@@H]1C. The molecule has 1 aliphatic rings. The van der Waals surface area contributed by atoms with Gasteiger partial charge in [-0.3, -0.25) is 9.59 Å². The van der Waals surface area contributed by atoms with Crippen molar-refractivity contribution in [2.75, 3.05) is 23.4 Å². The van der Waals surface area contributed by atoms with Crippen LogP contribution in [0.15, 0.2) is 60.8 Å². The van der Waals surface area contributed by atoms with Gasteiger partial charge in [-0.25, -0.2) is 4.98 Å². The van der Waals surface area contributed by atoms with Gasteiger partial charge in [0.05, 0.1) is 24.3 Å². The topological polar surface area (TPSA) is 139 Å². The van der Waals surface area contributed by atoms with Crippen LogP contribution in [0.1, 0.15) is 47.8 Å². The molecule has 1 aromatic heterocycles. The number of benzene rings is 2. The molecule has 0 fully saturated rings. The molecule has 0 saturated heterocycles. The second kappa shape index (κ2) is 11.2. The van der Waals surface area contributed by atoms with E-state index in [1.165, 1.54) is 6.20 Å². The summed E-state index contributed by atoms with van der Waals surface area (Å²) >= 11 is 0. The van der Waals surface area contributed by atoms with Crippen LogP contribution in [0.5, 0.6) is 0 Å². The number of fused-ring (bicyclic) bond motifs is 1. The highest BCUT2D eigenvalue weighted by Gasteiger charge is 2.32. The van der Waals surface area contributed by atoms with Gasteiger partial charge in [-0.15, -0.1) is 0 Å². The Balaban J connectivity index is 1.62. The van der Waals surface area contributed by atoms with E-state index in [0.29, 0.717) is 23.4 Å². The number of aliphatic hydroxyl groups excluding tert-OH is 2. The number of aromatic nitrogens is 1. The molecule has 0 bridgehead atoms. The molecule has 4 rings (SSSR count). The second-order valence-electron chi connectivity index (χ2n) is 9.11. The van der Waals surface area contributed by atoms with E-state index in [1.54, 1.807) is 36.1 Å². The third kappa shape index (κ3) is 5.77. The van der Waals surface area contributed by atoms with Crippen molar-refractivity contribution in [2.45, 2.75) is 38.5 Å². The lowest BCUT2D eigenvalue weighted by molar-refractivity contribution is -0.117. The highest BCUT2D eigenvalue weighted by Crippen LogP contribution is 2.41. The van der Waals surface area contributed by atoms with Gasteiger partial charge < -0.3 is 25.7 Å². The van der Waals surface area contributed by atoms with Gasteiger partial charge in [0.2, 0.25) is 5.91 Å². The minimum absolute atomic E-state index is 0.0196. The lowest BCUT2D eigenvalue weighted by Gasteiger charge is -2.39. The monoisotopic (exact) mass is 499 g/mol. The lowest BCUT2D eigenvalue weighted by atomic mass is 9.89. The Bertz CT molecular complexity index is 1320. The largest absolute Gasteiger partial charge is 0.394 e. The minimum atomic E-state index is -1.00. The molecule has 37 heavy (non-hydrogen) atoms. The molecule has 1 unspecified atom stereocenters. The van der Waals surface area contributed by atoms with E-state index < -0.39 is 12.7 Å². The van der Waals surface area contributed by atoms with Crippen LogP contribution in [0.4, 0.5) is 11.5 Å². The third-order valence-electron chi connectivity index (χ3n) is 6.42. The van der Waals surface area contributed by atoms with E-state index in [9.17, 15) is 14.7 Å². The average molecular weight is 500 g/mol. The predicted octanol–water partition coefficient (Wildman–Crippen LogP) is 3.00. The first-order valence-electron chi connectivity index (χ1n) is 12.0. The Morgan fingerprint density at radius 1 is 1.16 bits per heavy atom. The zero-order valence-corrected chi connectivity index (χ0v) is 20.7. The minimum Gasteiger partial charge on any atom is -0.394 e. The molecule has 9 heteroatoms. The zero-order chi connectivity index (χ0) is 26.5. The van der Waals surface area contributed by atoms with Gasteiger partial charge in [-0.2, -0.15) is 5.26 Å². The third-order valence-corrected chi connectivity index (χ3v) is 6.42. The summed E-state index contributed by atoms with van der Waals surface area (Å²) in [7, 11) is 0. The lowest BCUT2D eigenvalue weighted by Crippen LogP contribution is -2.43. The molecule has 3 atom stereocenters. The van der Waals surface area contributed by atoms with Crippen LogP contribution in [0.25, 0.3) is 11.1 Å². The predicted molar refractivity (Wildman–Crippen MR) is 140 cm³/mol. The maximum atomic E-state index is 12.5. The first-order valence-corrected chi connectivity index (χ1v) is 12.0. The quantitative estimate of drug-likeness (QED) is 0.392. The summed E-state index contributed by atoms with van der Waals surface area (Å²) < 4.78 is 0. The maximum Gasteiger partial charge on any atom is 0.251 e. The van der Waals surface area contributed by atoms with Crippen LogP contribution in [-0.4, -0.2) is 52.3 Å². The zero-order valence-electron chi connectivity index (χ0n) is 20.7. The summed E-state index contributed by atoms with van der Waals surface area (Å²) in [5.41, 5.74) is 4.54. The van der Waals surface area contributed by atoms with E-state index in [1.807, 2.05) is 37.3 Å². The van der Waals surface area contributed by atoms with Crippen molar-refractivity contribution in [3.8, 4) is 17.2 Å². The molecule has 2 heterocycles. The van der Waals surface area contributed by atoms with Gasteiger partial charge >= 0.3 is 0 Å². The first-order chi connectivity index (χ1) is 17.8. The Kier molecular flexibility index (Phi) is 7.82. The molecular formula is C28H29N5O4. The molecule has 9 nitrogen and oxygen atoms in total. The van der Waals surface area contributed by atoms with Gasteiger partial charge in [0, 0.05) is 37.0 Å². The molecule has 2 amide bonds. The molecular weight excluding hydrogens is 470 g/mol. The number of hydrogen-bond donors (Lipinski definition) is 4. The van der Waals surface area contributed by atoms with Crippen LogP contribution >= 0.6 is 0 Å². The number of anilines is 2. The molecule has 1 aliphatic heterocycles. The fourth-order valence-corrected chi connectivity index (χ4v) is 4.58. The number of rotatable bonds is 7. The molecule has 190 valence electrons. The number of nitrogens with zero attached hydrogens (tertiary/aromatic N) is 3. The fraction of sp³-hybridized carbons (Fsp3) is 0.286. The van der Waals surface area contributed by atoms with Gasteiger partial charge in [-0.05, 0) is 66.4 Å². The van der Waals surface area contributed by atoms with Crippen LogP contribution in [0.2, 0.25) is 0 Å². The van der Waals surface area contributed by atoms with Crippen LogP contribution < -0.4 is 15.5 Å². The van der Waals surface area contributed by atoms with Crippen LogP contribution in [0, 0.1) is 11.3 Å². The summed E-state index contributed by atoms with van der Waals surface area (Å²) in [4.78, 5) is 30.9. The van der Waals surface area contributed by atoms with Crippen molar-refractivity contribution in [1.82, 2.24) is 10.3 Å².